The minimum Gasteiger partial charge on any atom is -0.356 e. The maximum atomic E-state index is 16.2. The first kappa shape index (κ1) is 34.0. The Balaban J connectivity index is 1.10. The molecule has 3 aliphatic carbocycles. The Labute approximate surface area is 279 Å². The summed E-state index contributed by atoms with van der Waals surface area (Å²) in [4.78, 5) is 32.7. The zero-order valence-corrected chi connectivity index (χ0v) is 27.7. The number of pyridine rings is 1. The van der Waals surface area contributed by atoms with Crippen molar-refractivity contribution in [1.29, 1.82) is 0 Å². The molecule has 5 fully saturated rings. The van der Waals surface area contributed by atoms with Crippen LogP contribution in [-0.2, 0) is 25.5 Å². The second-order valence-corrected chi connectivity index (χ2v) is 15.6. The Bertz CT molecular complexity index is 1590. The maximum absolute atomic E-state index is 16.2. The quantitative estimate of drug-likeness (QED) is 0.254. The summed E-state index contributed by atoms with van der Waals surface area (Å²) in [6.45, 7) is 2.09. The number of carbonyl (C=O) groups is 2. The predicted octanol–water partition coefficient (Wildman–Crippen LogP) is 2.92. The smallest absolute Gasteiger partial charge is 0.276 e. The number of sulfonamides is 1. The number of nitrogens with one attached hydrogen (secondary N) is 1. The second-order valence-electron chi connectivity index (χ2n) is 13.2. The number of piperazine rings is 1. The zero-order chi connectivity index (χ0) is 33.5. The summed E-state index contributed by atoms with van der Waals surface area (Å²) in [6.07, 6.45) is 3.06. The first-order valence-corrected chi connectivity index (χ1v) is 18.1. The molecule has 5 aliphatic rings. The molecule has 1 aromatic heterocycles. The van der Waals surface area contributed by atoms with E-state index in [-0.39, 0.29) is 96.1 Å². The molecule has 47 heavy (non-hydrogen) atoms. The molecule has 2 bridgehead atoms. The van der Waals surface area contributed by atoms with Crippen molar-refractivity contribution in [2.75, 3.05) is 55.6 Å². The Morgan fingerprint density at radius 1 is 1.06 bits per heavy atom. The minimum atomic E-state index is -3.83. The van der Waals surface area contributed by atoms with Crippen LogP contribution in [-0.4, -0.2) is 81.4 Å². The van der Waals surface area contributed by atoms with Crippen LogP contribution in [0, 0.1) is 23.7 Å². The summed E-state index contributed by atoms with van der Waals surface area (Å²) >= 11 is 6.31. The van der Waals surface area contributed by atoms with Gasteiger partial charge in [0.1, 0.15) is 11.0 Å². The summed E-state index contributed by atoms with van der Waals surface area (Å²) in [7, 11) is -3.83. The van der Waals surface area contributed by atoms with Gasteiger partial charge in [-0.2, -0.15) is 4.31 Å². The molecule has 0 spiro atoms. The molecule has 7 rings (SSSR count). The molecule has 11 nitrogen and oxygen atoms in total. The Morgan fingerprint density at radius 2 is 1.77 bits per heavy atom. The van der Waals surface area contributed by atoms with Crippen LogP contribution in [0.4, 0.5) is 20.3 Å². The molecule has 0 radical (unpaired) electrons. The Morgan fingerprint density at radius 3 is 2.38 bits per heavy atom. The molecule has 2 unspecified atom stereocenters. The summed E-state index contributed by atoms with van der Waals surface area (Å²) in [5.74, 6) is -4.61. The van der Waals surface area contributed by atoms with Crippen LogP contribution >= 0.6 is 11.6 Å². The number of carbonyl (C=O) groups excluding carboxylic acids is 2. The van der Waals surface area contributed by atoms with E-state index < -0.39 is 21.9 Å². The van der Waals surface area contributed by atoms with Crippen LogP contribution in [0.2, 0.25) is 5.15 Å². The number of hydrogen-bond donors (Lipinski definition) is 3. The lowest BCUT2D eigenvalue weighted by atomic mass is 9.57. The van der Waals surface area contributed by atoms with Gasteiger partial charge in [0.25, 0.3) is 5.92 Å². The van der Waals surface area contributed by atoms with Crippen molar-refractivity contribution >= 4 is 44.9 Å². The van der Waals surface area contributed by atoms with Crippen LogP contribution in [0.25, 0.3) is 0 Å². The van der Waals surface area contributed by atoms with Crippen molar-refractivity contribution in [1.82, 2.24) is 14.6 Å². The highest BCUT2D eigenvalue weighted by Crippen LogP contribution is 2.56. The fraction of sp³-hybridized carbons (Fsp3) is 0.594. The van der Waals surface area contributed by atoms with Crippen molar-refractivity contribution < 1.29 is 26.8 Å². The van der Waals surface area contributed by atoms with E-state index in [9.17, 15) is 18.0 Å². The number of benzene rings is 1. The van der Waals surface area contributed by atoms with E-state index in [0.29, 0.717) is 44.6 Å². The molecular weight excluding hydrogens is 652 g/mol. The third-order valence-electron chi connectivity index (χ3n) is 10.3. The van der Waals surface area contributed by atoms with E-state index in [1.165, 1.54) is 28.6 Å². The van der Waals surface area contributed by atoms with E-state index in [1.807, 2.05) is 0 Å². The fourth-order valence-electron chi connectivity index (χ4n) is 7.78. The van der Waals surface area contributed by atoms with E-state index in [1.54, 1.807) is 21.9 Å². The van der Waals surface area contributed by atoms with Crippen LogP contribution < -0.4 is 26.6 Å². The molecule has 15 heteroatoms. The van der Waals surface area contributed by atoms with Gasteiger partial charge in [-0.25, -0.2) is 22.2 Å². The molecule has 3 saturated carbocycles. The SMILES string of the molecule is NCCCNC(=O)[C@@H]1CC2CCC1C[C@@H]2C(F)(F)c1cc(Cl)nc(N2CCN(S(=O)(=O)c3ccc(N4C[C@H](N)CC4=O)cc3)CC2)c1. The average Bonchev–Trinajstić information content (AvgIpc) is 3.42. The third kappa shape index (κ3) is 6.85. The third-order valence-corrected chi connectivity index (χ3v) is 12.4. The van der Waals surface area contributed by atoms with Gasteiger partial charge in [0.15, 0.2) is 0 Å². The maximum Gasteiger partial charge on any atom is 0.276 e. The van der Waals surface area contributed by atoms with Gasteiger partial charge in [-0.1, -0.05) is 11.6 Å². The molecule has 2 aliphatic heterocycles. The van der Waals surface area contributed by atoms with Crippen LogP contribution in [0.5, 0.6) is 0 Å². The topological polar surface area (TPSA) is 155 Å². The molecule has 5 atom stereocenters. The monoisotopic (exact) mass is 693 g/mol. The Kier molecular flexibility index (Phi) is 9.79. The van der Waals surface area contributed by atoms with Crippen molar-refractivity contribution in [3.63, 3.8) is 0 Å². The predicted molar refractivity (Wildman–Crippen MR) is 175 cm³/mol. The number of aromatic nitrogens is 1. The molecule has 2 amide bonds. The van der Waals surface area contributed by atoms with E-state index in [4.69, 9.17) is 23.1 Å². The summed E-state index contributed by atoms with van der Waals surface area (Å²) in [5, 5.41) is 2.86. The number of amides is 2. The molecule has 5 N–H and O–H groups in total. The molecular formula is C32H42ClF2N7O4S. The van der Waals surface area contributed by atoms with E-state index >= 15 is 8.78 Å². The standard InChI is InChI=1S/C32H42ClF2N7O4S/c33-28-16-22(32(34,35)27-15-20-2-3-21(27)14-26(20)31(44)38-9-1-8-36)17-29(39-28)40-10-12-41(13-11-40)47(45,46)25-6-4-24(5-7-25)42-19-23(37)18-30(42)43/h4-7,16-17,20-21,23,26-27H,1-3,8-15,18-19,36-37H2,(H,38,44)/t20?,21?,23-,26-,27+/m1/s1. The lowest BCUT2D eigenvalue weighted by Gasteiger charge is -2.49. The molecule has 2 saturated heterocycles. The van der Waals surface area contributed by atoms with Gasteiger partial charge in [0.2, 0.25) is 21.8 Å². The number of nitrogens with zero attached hydrogens (tertiary/aromatic N) is 4. The molecule has 1 aromatic carbocycles. The van der Waals surface area contributed by atoms with Crippen LogP contribution in [0.1, 0.15) is 44.1 Å². The summed E-state index contributed by atoms with van der Waals surface area (Å²) < 4.78 is 60.7. The lowest BCUT2D eigenvalue weighted by molar-refractivity contribution is -0.151. The molecule has 3 heterocycles. The normalized spacial score (nSPS) is 27.0. The van der Waals surface area contributed by atoms with Gasteiger partial charge in [-0.3, -0.25) is 9.59 Å². The summed E-state index contributed by atoms with van der Waals surface area (Å²) in [6, 6.07) is 8.52. The largest absolute Gasteiger partial charge is 0.356 e. The van der Waals surface area contributed by atoms with E-state index in [0.717, 1.165) is 6.42 Å². The first-order valence-electron chi connectivity index (χ1n) is 16.3. The van der Waals surface area contributed by atoms with Gasteiger partial charge in [-0.15, -0.1) is 0 Å². The van der Waals surface area contributed by atoms with Gasteiger partial charge >= 0.3 is 0 Å². The molecule has 256 valence electrons. The van der Waals surface area contributed by atoms with E-state index in [2.05, 4.69) is 10.3 Å². The number of rotatable bonds is 10. The van der Waals surface area contributed by atoms with Gasteiger partial charge < -0.3 is 26.6 Å². The first-order chi connectivity index (χ1) is 22.4. The second kappa shape index (κ2) is 13.5. The van der Waals surface area contributed by atoms with Crippen molar-refractivity contribution in [3.8, 4) is 0 Å². The number of halogens is 3. The van der Waals surface area contributed by atoms with Gasteiger partial charge in [0, 0.05) is 74.8 Å². The van der Waals surface area contributed by atoms with Gasteiger partial charge in [-0.05, 0) is 86.9 Å². The minimum absolute atomic E-state index is 0.0529. The number of hydrogen-bond acceptors (Lipinski definition) is 8. The number of fused-ring (bicyclic) bond motifs is 3. The fourth-order valence-corrected chi connectivity index (χ4v) is 9.41. The van der Waals surface area contributed by atoms with Crippen LogP contribution in [0.3, 0.4) is 0 Å². The highest BCUT2D eigenvalue weighted by molar-refractivity contribution is 7.89. The highest BCUT2D eigenvalue weighted by atomic mass is 35.5. The van der Waals surface area contributed by atoms with Crippen molar-refractivity contribution in [2.45, 2.75) is 55.4 Å². The lowest BCUT2D eigenvalue weighted by Crippen LogP contribution is -2.49. The highest BCUT2D eigenvalue weighted by Gasteiger charge is 2.54. The summed E-state index contributed by atoms with van der Waals surface area (Å²) in [5.41, 5.74) is 11.8. The van der Waals surface area contributed by atoms with Gasteiger partial charge in [0.05, 0.1) is 4.90 Å². The number of alkyl halides is 2. The zero-order valence-electron chi connectivity index (χ0n) is 26.2. The number of nitrogens with two attached hydrogens (primary N) is 2. The number of anilines is 2. The van der Waals surface area contributed by atoms with Crippen molar-refractivity contribution in [3.05, 3.63) is 47.1 Å². The molecule has 2 aromatic rings. The van der Waals surface area contributed by atoms with Crippen LogP contribution in [0.15, 0.2) is 41.3 Å². The average molecular weight is 694 g/mol. The Hall–Kier alpha value is -2.91. The van der Waals surface area contributed by atoms with Crippen molar-refractivity contribution in [2.24, 2.45) is 35.1 Å².